The molecule has 0 aromatic heterocycles. The van der Waals surface area contributed by atoms with Crippen LogP contribution in [0.1, 0.15) is 39.5 Å². The van der Waals surface area contributed by atoms with Crippen LogP contribution in [0.25, 0.3) is 0 Å². The molecule has 0 bridgehead atoms. The average molecular weight is 1920 g/mol. The van der Waals surface area contributed by atoms with Crippen molar-refractivity contribution in [2.75, 3.05) is 72.7 Å². The van der Waals surface area contributed by atoms with E-state index in [-0.39, 0.29) is 0 Å². The third kappa shape index (κ3) is 24.0. The molecule has 61 heteroatoms. The molecule has 8 aliphatic heterocycles. The molecule has 0 unspecified atom stereocenters. The van der Waals surface area contributed by atoms with Crippen molar-refractivity contribution >= 4 is 53.4 Å². The van der Waals surface area contributed by atoms with Crippen LogP contribution in [-0.2, 0) is 114 Å². The highest BCUT2D eigenvalue weighted by Crippen LogP contribution is 2.46. The molecule has 8 fully saturated rings. The molecule has 0 spiro atoms. The molecule has 8 aliphatic rings. The van der Waals surface area contributed by atoms with Gasteiger partial charge in [0.25, 0.3) is 23.1 Å². The number of ether oxygens (including phenoxy) is 15. The number of nitrogens with one attached hydrogen (secondary N) is 5. The number of carboxylic acid groups (broad SMARTS) is 4. The zero-order chi connectivity index (χ0) is 98.0. The van der Waals surface area contributed by atoms with Gasteiger partial charge < -0.3 is 261 Å². The lowest BCUT2D eigenvalue weighted by molar-refractivity contribution is -0.405. The number of hydrogen-bond acceptors (Lipinski definition) is 52. The maximum Gasteiger partial charge on any atom is 0.364 e. The van der Waals surface area contributed by atoms with Gasteiger partial charge in [-0.25, -0.2) is 19.2 Å². The van der Waals surface area contributed by atoms with Gasteiger partial charge in [-0.3, -0.25) is 24.0 Å². The van der Waals surface area contributed by atoms with Crippen LogP contribution in [0.5, 0.6) is 0 Å². The fourth-order valence-electron chi connectivity index (χ4n) is 16.3. The number of aliphatic hydroxyl groups is 28. The van der Waals surface area contributed by atoms with Crippen LogP contribution in [0.3, 0.4) is 0 Å². The SMILES string of the molecule is CC(=O)N[C@H]1[C@H](O[C@@H]2[C@H](O[C@]3(C(=O)O)C[C@H](O)[C@@H](NC(=O)CO)[C@H]([C@H](O)[C@@H](CO)O[C@]4(C(=O)O)C[C@H](O)[C@@H](NC(=O)CO)[C@H]([C@H](O)[C@H](O)CO)O4)O3)[C@@H](O)[C@H](O[C@H]3[C@H](O)[C@@H](O)[C@H](O)O[C@@H]3CO)O[C@@H]2CO)O[C@H](CO)[C@H](O)[C@@H]1O[C@@H]1O[C@H](CO)[C@H](O)[C@H](O[C@]2(C(=O)O)C[C@H](O)[C@@H](NC(=O)CO)[C@H]([C@H](O)[C@@H](CO)O[C@]3(C(=O)O)C[C@H](O)[C@@H](NC(C)=O)[C@H]([C@H](O)[C@H](O)CO)O3)O2)[C@H]1O. The van der Waals surface area contributed by atoms with Crippen molar-refractivity contribution in [3.05, 3.63) is 0 Å². The molecule has 0 saturated carbocycles. The van der Waals surface area contributed by atoms with Gasteiger partial charge in [0.15, 0.2) is 25.2 Å². The molecule has 0 aliphatic carbocycles. The number of rotatable bonds is 42. The van der Waals surface area contributed by atoms with Crippen LogP contribution < -0.4 is 26.6 Å². The Kier molecular flexibility index (Phi) is 39.0. The summed E-state index contributed by atoms with van der Waals surface area (Å²) >= 11 is 0. The third-order valence-corrected chi connectivity index (χ3v) is 22.9. The predicted molar refractivity (Wildman–Crippen MR) is 395 cm³/mol. The molecule has 37 N–H and O–H groups in total. The van der Waals surface area contributed by atoms with Gasteiger partial charge in [-0.1, -0.05) is 0 Å². The van der Waals surface area contributed by atoms with Crippen LogP contribution in [0.2, 0.25) is 0 Å². The Bertz CT molecular complexity index is 3780. The predicted octanol–water partition coefficient (Wildman–Crippen LogP) is -24.0. The summed E-state index contributed by atoms with van der Waals surface area (Å²) in [5.74, 6) is -30.9. The maximum absolute atomic E-state index is 14.4. The first-order chi connectivity index (χ1) is 61.5. The van der Waals surface area contributed by atoms with E-state index in [0.29, 0.717) is 0 Å². The number of carbonyl (C=O) groups excluding carboxylic acids is 5. The lowest BCUT2D eigenvalue weighted by Gasteiger charge is -2.53. The molecule has 0 aromatic rings. The summed E-state index contributed by atoms with van der Waals surface area (Å²) in [6.45, 7) is -14.5. The van der Waals surface area contributed by atoms with E-state index in [9.17, 15) is 207 Å². The minimum Gasteiger partial charge on any atom is -0.477 e. The normalized spacial score (nSPS) is 41.8. The molecule has 0 radical (unpaired) electrons. The zero-order valence-electron chi connectivity index (χ0n) is 68.8. The number of carboxylic acids is 4. The van der Waals surface area contributed by atoms with E-state index >= 15 is 0 Å². The van der Waals surface area contributed by atoms with E-state index in [1.54, 1.807) is 0 Å². The van der Waals surface area contributed by atoms with E-state index < -0.39 is 420 Å². The number of aliphatic carboxylic acids is 4. The first-order valence-corrected chi connectivity index (χ1v) is 40.2. The standard InChI is InChI=1S/C70H113N5O56/c1-18(87)71-35-20(89)3-67(63(109)110,126-53(35)40(98)24(93)7-76)124-28(11-80)44(102)55-37(74-33(96)16-85)22(91)5-69(128-55,65(113)114)130-57-43(101)27(10-79)119-61(48(57)106)123-52-39(72-19(2)88)60(118-26(9-78)42(52)100)122-51-31(14-83)120-62(121-50-30(13-82)117-59(108)47(105)46(50)104)49(107)58(51)131-70(66(115)116)6-23(92)38(75-34(97)17-86)56(129-70)45(103)29(12-81)125-68(64(111)112)4-21(90)36(73-32(95)15-84)54(127-68)41(99)25(94)8-77/h20-31,35-62,76-86,89-94,98-108H,3-17H2,1-2H3,(H,71,87)(H,72,88)(H,73,95)(H,74,96)(H,75,97)(H,109,110)(H,111,112)(H,113,114)(H,115,116)/t20-,21-,22-,23-,24+,25+,26+,27+,28+,29+,30+,31+,35+,36+,37+,38+,39+,40+,41+,42-,43-,44+,45+,46+,47+,48+,49+,50+,51-,52+,53+,54+,55+,56+,57-,58+,59+,60-,61-,62-,67+,68+,69-,70-/m0/s1. The van der Waals surface area contributed by atoms with Gasteiger partial charge in [0.2, 0.25) is 29.5 Å². The van der Waals surface area contributed by atoms with Gasteiger partial charge in [-0.15, -0.1) is 0 Å². The summed E-state index contributed by atoms with van der Waals surface area (Å²) in [5, 5.41) is 365. The molecular weight excluding hydrogens is 1810 g/mol. The van der Waals surface area contributed by atoms with Crippen molar-refractivity contribution in [2.24, 2.45) is 0 Å². The Labute approximate surface area is 735 Å². The van der Waals surface area contributed by atoms with E-state index in [2.05, 4.69) is 10.6 Å². The van der Waals surface area contributed by atoms with Crippen molar-refractivity contribution in [3.63, 3.8) is 0 Å². The highest BCUT2D eigenvalue weighted by molar-refractivity contribution is 5.81. The van der Waals surface area contributed by atoms with E-state index in [1.807, 2.05) is 16.0 Å². The van der Waals surface area contributed by atoms with Gasteiger partial charge in [0.05, 0.1) is 101 Å². The molecule has 8 rings (SSSR count). The maximum atomic E-state index is 14.4. The average Bonchev–Trinajstić information content (AvgIpc) is 0.748. The molecule has 8 heterocycles. The molecule has 61 nitrogen and oxygen atoms in total. The van der Waals surface area contributed by atoms with Crippen molar-refractivity contribution < 1.29 is 278 Å². The van der Waals surface area contributed by atoms with Crippen molar-refractivity contribution in [1.82, 2.24) is 26.6 Å². The Morgan fingerprint density at radius 3 is 0.992 bits per heavy atom. The van der Waals surface area contributed by atoms with Crippen molar-refractivity contribution in [1.29, 1.82) is 0 Å². The molecular formula is C70H113N5O56. The molecule has 131 heavy (non-hydrogen) atoms. The van der Waals surface area contributed by atoms with Crippen LogP contribution in [0, 0.1) is 0 Å². The monoisotopic (exact) mass is 1920 g/mol. The summed E-state index contributed by atoms with van der Waals surface area (Å²) in [4.78, 5) is 119. The Morgan fingerprint density at radius 1 is 0.328 bits per heavy atom. The van der Waals surface area contributed by atoms with E-state index in [0.717, 1.165) is 13.8 Å². The van der Waals surface area contributed by atoms with Crippen LogP contribution in [0.4, 0.5) is 0 Å². The highest BCUT2D eigenvalue weighted by Gasteiger charge is 2.67. The topological polar surface area (TPSA) is 1000 Å². The summed E-state index contributed by atoms with van der Waals surface area (Å²) in [7, 11) is 0. The first-order valence-electron chi connectivity index (χ1n) is 40.2. The van der Waals surface area contributed by atoms with Gasteiger partial charge in [0.1, 0.15) is 191 Å². The molecule has 0 aromatic carbocycles. The summed E-state index contributed by atoms with van der Waals surface area (Å²) < 4.78 is 87.1. The number of amides is 5. The first kappa shape index (κ1) is 110. The second-order valence-electron chi connectivity index (χ2n) is 31.8. The summed E-state index contributed by atoms with van der Waals surface area (Å²) in [5.41, 5.74) is 0. The number of aliphatic hydroxyl groups excluding tert-OH is 28. The molecule has 5 amide bonds. The molecule has 754 valence electrons. The quantitative estimate of drug-likeness (QED) is 0.0270. The van der Waals surface area contributed by atoms with Crippen LogP contribution in [0.15, 0.2) is 0 Å². The van der Waals surface area contributed by atoms with Gasteiger partial charge in [-0.2, -0.15) is 0 Å². The fourth-order valence-corrected chi connectivity index (χ4v) is 16.3. The zero-order valence-corrected chi connectivity index (χ0v) is 68.8. The number of carbonyl (C=O) groups is 9. The third-order valence-electron chi connectivity index (χ3n) is 22.9. The van der Waals surface area contributed by atoms with Gasteiger partial charge in [-0.05, 0) is 0 Å². The van der Waals surface area contributed by atoms with Gasteiger partial charge >= 0.3 is 23.9 Å². The number of hydrogen-bond donors (Lipinski definition) is 37. The smallest absolute Gasteiger partial charge is 0.364 e. The minimum absolute atomic E-state index is 0.730. The lowest BCUT2D eigenvalue weighted by Crippen LogP contribution is -2.73. The molecule has 44 atom stereocenters. The second-order valence-corrected chi connectivity index (χ2v) is 31.8. The van der Waals surface area contributed by atoms with E-state index in [1.165, 1.54) is 0 Å². The van der Waals surface area contributed by atoms with Crippen LogP contribution >= 0.6 is 0 Å². The van der Waals surface area contributed by atoms with Crippen LogP contribution in [-0.4, -0.2) is 557 Å². The van der Waals surface area contributed by atoms with Crippen molar-refractivity contribution in [3.8, 4) is 0 Å². The second kappa shape index (κ2) is 46.6. The molecule has 8 saturated heterocycles. The minimum atomic E-state index is -3.92. The lowest BCUT2D eigenvalue weighted by atomic mass is 9.87. The Morgan fingerprint density at radius 2 is 0.634 bits per heavy atom. The fraction of sp³-hybridized carbons (Fsp3) is 0.871. The highest BCUT2D eigenvalue weighted by atomic mass is 16.8. The van der Waals surface area contributed by atoms with Crippen molar-refractivity contribution in [2.45, 2.75) is 307 Å². The Balaban J connectivity index is 1.19. The Hall–Kier alpha value is -6.49. The largest absolute Gasteiger partial charge is 0.477 e. The summed E-state index contributed by atoms with van der Waals surface area (Å²) in [6.07, 6.45) is -95.1. The van der Waals surface area contributed by atoms with E-state index in [4.69, 9.17) is 71.1 Å². The van der Waals surface area contributed by atoms with Gasteiger partial charge in [0, 0.05) is 39.5 Å². The summed E-state index contributed by atoms with van der Waals surface area (Å²) in [6, 6.07) is -11.0.